The fourth-order valence-electron chi connectivity index (χ4n) is 1.64. The van der Waals surface area contributed by atoms with Crippen LogP contribution in [0.15, 0.2) is 35.7 Å². The Balaban J connectivity index is 2.66. The Morgan fingerprint density at radius 3 is 2.65 bits per heavy atom. The van der Waals surface area contributed by atoms with Crippen LogP contribution in [-0.2, 0) is 9.84 Å². The van der Waals surface area contributed by atoms with Crippen LogP contribution in [0.25, 0.3) is 5.69 Å². The van der Waals surface area contributed by atoms with Crippen molar-refractivity contribution < 1.29 is 8.42 Å². The normalized spacial score (nSPS) is 11.7. The summed E-state index contributed by atoms with van der Waals surface area (Å²) in [7, 11) is -3.35. The van der Waals surface area contributed by atoms with Gasteiger partial charge in [-0.1, -0.05) is 11.6 Å². The van der Waals surface area contributed by atoms with E-state index >= 15 is 0 Å². The molecular weight excluding hydrogens is 260 g/mol. The van der Waals surface area contributed by atoms with Crippen molar-refractivity contribution >= 4 is 21.4 Å². The van der Waals surface area contributed by atoms with Crippen molar-refractivity contribution in [3.05, 3.63) is 41.2 Å². The van der Waals surface area contributed by atoms with Crippen LogP contribution in [0.3, 0.4) is 0 Å². The van der Waals surface area contributed by atoms with Gasteiger partial charge in [0.25, 0.3) is 0 Å². The van der Waals surface area contributed by atoms with E-state index in [1.54, 1.807) is 29.0 Å². The fourth-order valence-corrected chi connectivity index (χ4v) is 2.63. The summed E-state index contributed by atoms with van der Waals surface area (Å²) >= 11 is 5.86. The second kappa shape index (κ2) is 4.16. The summed E-state index contributed by atoms with van der Waals surface area (Å²) in [5.74, 6) is 0. The maximum atomic E-state index is 11.6. The highest BCUT2D eigenvalue weighted by Gasteiger charge is 2.16. The van der Waals surface area contributed by atoms with Crippen LogP contribution in [0.1, 0.15) is 5.56 Å². The van der Waals surface area contributed by atoms with Gasteiger partial charge in [-0.25, -0.2) is 13.4 Å². The van der Waals surface area contributed by atoms with E-state index in [2.05, 4.69) is 4.98 Å². The Labute approximate surface area is 105 Å². The van der Waals surface area contributed by atoms with Crippen molar-refractivity contribution in [2.75, 3.05) is 6.26 Å². The molecular formula is C11H11ClN2O2S. The van der Waals surface area contributed by atoms with Crippen LogP contribution in [-0.4, -0.2) is 24.2 Å². The van der Waals surface area contributed by atoms with Crippen LogP contribution < -0.4 is 0 Å². The molecule has 0 amide bonds. The predicted molar refractivity (Wildman–Crippen MR) is 66.4 cm³/mol. The van der Waals surface area contributed by atoms with Crippen molar-refractivity contribution in [2.45, 2.75) is 12.1 Å². The Hall–Kier alpha value is -1.33. The smallest absolute Gasteiger partial charge is 0.231 e. The lowest BCUT2D eigenvalue weighted by Gasteiger charge is -2.09. The van der Waals surface area contributed by atoms with E-state index < -0.39 is 9.84 Å². The average molecular weight is 271 g/mol. The van der Waals surface area contributed by atoms with Crippen molar-refractivity contribution in [3.8, 4) is 5.69 Å². The molecule has 0 aliphatic rings. The number of rotatable bonds is 2. The Morgan fingerprint density at radius 2 is 2.06 bits per heavy atom. The molecule has 0 fully saturated rings. The van der Waals surface area contributed by atoms with E-state index in [0.29, 0.717) is 5.02 Å². The van der Waals surface area contributed by atoms with Crippen molar-refractivity contribution in [3.63, 3.8) is 0 Å². The molecule has 0 saturated carbocycles. The molecule has 0 N–H and O–H groups in total. The molecule has 0 unspecified atom stereocenters. The summed E-state index contributed by atoms with van der Waals surface area (Å²) in [6, 6.07) is 5.27. The number of aryl methyl sites for hydroxylation is 1. The van der Waals surface area contributed by atoms with Crippen molar-refractivity contribution in [2.24, 2.45) is 0 Å². The van der Waals surface area contributed by atoms with Gasteiger partial charge in [0.1, 0.15) is 0 Å². The molecule has 0 atom stereocenters. The Morgan fingerprint density at radius 1 is 1.35 bits per heavy atom. The van der Waals surface area contributed by atoms with E-state index in [-0.39, 0.29) is 5.16 Å². The molecule has 1 aromatic carbocycles. The fraction of sp³-hybridized carbons (Fsp3) is 0.182. The van der Waals surface area contributed by atoms with Gasteiger partial charge in [0.15, 0.2) is 0 Å². The molecule has 90 valence electrons. The highest BCUT2D eigenvalue weighted by atomic mass is 35.5. The molecule has 0 radical (unpaired) electrons. The molecule has 0 aliphatic carbocycles. The van der Waals surface area contributed by atoms with Crippen LogP contribution in [0.4, 0.5) is 0 Å². The highest BCUT2D eigenvalue weighted by Crippen LogP contribution is 2.21. The molecule has 0 aliphatic heterocycles. The minimum absolute atomic E-state index is 0.0305. The van der Waals surface area contributed by atoms with Gasteiger partial charge in [0, 0.05) is 23.7 Å². The number of hydrogen-bond donors (Lipinski definition) is 0. The van der Waals surface area contributed by atoms with Crippen LogP contribution in [0, 0.1) is 6.92 Å². The predicted octanol–water partition coefficient (Wildman–Crippen LogP) is 2.24. The van der Waals surface area contributed by atoms with Gasteiger partial charge in [-0.15, -0.1) is 0 Å². The molecule has 0 spiro atoms. The summed E-state index contributed by atoms with van der Waals surface area (Å²) in [6.07, 6.45) is 4.22. The van der Waals surface area contributed by atoms with E-state index in [4.69, 9.17) is 11.6 Å². The summed E-state index contributed by atoms with van der Waals surface area (Å²) in [5.41, 5.74) is 1.65. The number of nitrogens with zero attached hydrogens (tertiary/aromatic N) is 2. The van der Waals surface area contributed by atoms with Crippen LogP contribution in [0.5, 0.6) is 0 Å². The maximum absolute atomic E-state index is 11.6. The Bertz CT molecular complexity index is 662. The highest BCUT2D eigenvalue weighted by molar-refractivity contribution is 7.90. The molecule has 0 bridgehead atoms. The van der Waals surface area contributed by atoms with Gasteiger partial charge in [0.05, 0.1) is 5.69 Å². The summed E-state index contributed by atoms with van der Waals surface area (Å²) < 4.78 is 24.7. The van der Waals surface area contributed by atoms with Gasteiger partial charge in [-0.2, -0.15) is 0 Å². The summed E-state index contributed by atoms with van der Waals surface area (Å²) in [6.45, 7) is 1.87. The Kier molecular flexibility index (Phi) is 2.97. The largest absolute Gasteiger partial charge is 0.290 e. The first-order valence-electron chi connectivity index (χ1n) is 4.89. The quantitative estimate of drug-likeness (QED) is 0.841. The monoisotopic (exact) mass is 270 g/mol. The zero-order valence-electron chi connectivity index (χ0n) is 9.38. The van der Waals surface area contributed by atoms with E-state index in [1.807, 2.05) is 6.92 Å². The molecule has 1 heterocycles. The number of halogens is 1. The number of aromatic nitrogens is 2. The van der Waals surface area contributed by atoms with E-state index in [9.17, 15) is 8.42 Å². The van der Waals surface area contributed by atoms with Crippen molar-refractivity contribution in [1.82, 2.24) is 9.55 Å². The first-order chi connectivity index (χ1) is 7.89. The van der Waals surface area contributed by atoms with Gasteiger partial charge in [-0.3, -0.25) is 4.57 Å². The maximum Gasteiger partial charge on any atom is 0.231 e. The summed E-state index contributed by atoms with van der Waals surface area (Å²) in [5, 5.41) is 0.648. The number of imidazole rings is 1. The van der Waals surface area contributed by atoms with Gasteiger partial charge < -0.3 is 0 Å². The second-order valence-corrected chi connectivity index (χ2v) is 6.13. The third-order valence-electron chi connectivity index (χ3n) is 2.36. The average Bonchev–Trinajstić information content (AvgIpc) is 2.65. The van der Waals surface area contributed by atoms with Gasteiger partial charge >= 0.3 is 0 Å². The number of benzene rings is 1. The molecule has 0 saturated heterocycles. The lowest BCUT2D eigenvalue weighted by atomic mass is 10.2. The van der Waals surface area contributed by atoms with Gasteiger partial charge in [0.2, 0.25) is 15.0 Å². The zero-order chi connectivity index (χ0) is 12.6. The third kappa shape index (κ3) is 2.35. The minimum atomic E-state index is -3.35. The third-order valence-corrected chi connectivity index (χ3v) is 3.56. The molecule has 6 heteroatoms. The SMILES string of the molecule is Cc1cc(Cl)ccc1-n1ccnc1S(C)(=O)=O. The first-order valence-corrected chi connectivity index (χ1v) is 7.16. The number of sulfone groups is 1. The summed E-state index contributed by atoms with van der Waals surface area (Å²) in [4.78, 5) is 3.87. The molecule has 17 heavy (non-hydrogen) atoms. The zero-order valence-corrected chi connectivity index (χ0v) is 11.0. The van der Waals surface area contributed by atoms with Crippen molar-refractivity contribution in [1.29, 1.82) is 0 Å². The molecule has 4 nitrogen and oxygen atoms in total. The molecule has 2 aromatic rings. The first kappa shape index (κ1) is 12.1. The van der Waals surface area contributed by atoms with Crippen LogP contribution in [0.2, 0.25) is 5.02 Å². The lowest BCUT2D eigenvalue weighted by Crippen LogP contribution is -2.08. The van der Waals surface area contributed by atoms with E-state index in [0.717, 1.165) is 17.5 Å². The topological polar surface area (TPSA) is 52.0 Å². The second-order valence-electron chi connectivity index (χ2n) is 3.78. The van der Waals surface area contributed by atoms with Gasteiger partial charge in [-0.05, 0) is 30.7 Å². The number of hydrogen-bond acceptors (Lipinski definition) is 3. The lowest BCUT2D eigenvalue weighted by molar-refractivity contribution is 0.590. The standard InChI is InChI=1S/C11H11ClN2O2S/c1-8-7-9(12)3-4-10(8)14-6-5-13-11(14)17(2,15)16/h3-7H,1-2H3. The molecule has 2 rings (SSSR count). The molecule has 1 aromatic heterocycles. The van der Waals surface area contributed by atoms with E-state index in [1.165, 1.54) is 6.20 Å². The van der Waals surface area contributed by atoms with Crippen LogP contribution >= 0.6 is 11.6 Å². The minimum Gasteiger partial charge on any atom is -0.290 e.